The molecule has 3 atom stereocenters. The third-order valence-corrected chi connectivity index (χ3v) is 4.48. The van der Waals surface area contributed by atoms with Crippen molar-refractivity contribution in [1.29, 1.82) is 0 Å². The highest BCUT2D eigenvalue weighted by molar-refractivity contribution is 5.29. The van der Waals surface area contributed by atoms with Crippen molar-refractivity contribution in [1.82, 2.24) is 4.90 Å². The van der Waals surface area contributed by atoms with E-state index in [-0.39, 0.29) is 0 Å². The Labute approximate surface area is 123 Å². The minimum Gasteiger partial charge on any atom is -0.494 e. The van der Waals surface area contributed by atoms with Gasteiger partial charge in [-0.15, -0.1) is 0 Å². The normalized spacial score (nSPS) is 24.8. The number of hydrogen-bond acceptors (Lipinski definition) is 3. The molecule has 0 amide bonds. The van der Waals surface area contributed by atoms with Gasteiger partial charge in [-0.25, -0.2) is 0 Å². The zero-order chi connectivity index (χ0) is 14.5. The first-order valence-corrected chi connectivity index (χ1v) is 7.91. The number of ether oxygens (including phenoxy) is 1. The van der Waals surface area contributed by atoms with Gasteiger partial charge in [-0.2, -0.15) is 0 Å². The Morgan fingerprint density at radius 1 is 1.25 bits per heavy atom. The van der Waals surface area contributed by atoms with Crippen LogP contribution >= 0.6 is 0 Å². The van der Waals surface area contributed by atoms with E-state index < -0.39 is 0 Å². The molecule has 0 aromatic heterocycles. The van der Waals surface area contributed by atoms with Gasteiger partial charge in [-0.3, -0.25) is 4.90 Å². The molecule has 0 aliphatic carbocycles. The standard InChI is InChI=1S/C17H28N2O/c1-4-15-9-6-13(3)19(15)17(12-18)14-7-10-16(11-8-14)20-5-2/h7-8,10-11,13,15,17H,4-6,9,12,18H2,1-3H3. The van der Waals surface area contributed by atoms with E-state index >= 15 is 0 Å². The summed E-state index contributed by atoms with van der Waals surface area (Å²) in [7, 11) is 0. The van der Waals surface area contributed by atoms with E-state index in [1.807, 2.05) is 6.92 Å². The van der Waals surface area contributed by atoms with Gasteiger partial charge >= 0.3 is 0 Å². The summed E-state index contributed by atoms with van der Waals surface area (Å²) >= 11 is 0. The number of hydrogen-bond donors (Lipinski definition) is 1. The molecular weight excluding hydrogens is 248 g/mol. The molecule has 112 valence electrons. The van der Waals surface area contributed by atoms with Crippen molar-refractivity contribution >= 4 is 0 Å². The SMILES string of the molecule is CCOc1ccc(C(CN)N2C(C)CCC2CC)cc1. The first-order chi connectivity index (χ1) is 9.71. The molecular formula is C17H28N2O. The minimum atomic E-state index is 0.327. The van der Waals surface area contributed by atoms with Gasteiger partial charge in [0.25, 0.3) is 0 Å². The van der Waals surface area contributed by atoms with Crippen molar-refractivity contribution in [3.8, 4) is 5.75 Å². The van der Waals surface area contributed by atoms with Gasteiger partial charge in [0.2, 0.25) is 0 Å². The number of nitrogens with two attached hydrogens (primary N) is 1. The number of nitrogens with zero attached hydrogens (tertiary/aromatic N) is 1. The predicted molar refractivity (Wildman–Crippen MR) is 84.0 cm³/mol. The summed E-state index contributed by atoms with van der Waals surface area (Å²) in [4.78, 5) is 2.62. The molecule has 2 rings (SSSR count). The molecule has 1 saturated heterocycles. The Kier molecular flexibility index (Phi) is 5.44. The summed E-state index contributed by atoms with van der Waals surface area (Å²) in [5.74, 6) is 0.938. The molecule has 1 heterocycles. The van der Waals surface area contributed by atoms with Crippen LogP contribution in [0.2, 0.25) is 0 Å². The van der Waals surface area contributed by atoms with Crippen molar-refractivity contribution in [3.05, 3.63) is 29.8 Å². The maximum Gasteiger partial charge on any atom is 0.119 e. The molecule has 1 aromatic carbocycles. The molecule has 20 heavy (non-hydrogen) atoms. The largest absolute Gasteiger partial charge is 0.494 e. The van der Waals surface area contributed by atoms with Gasteiger partial charge in [0, 0.05) is 24.7 Å². The third kappa shape index (κ3) is 3.15. The highest BCUT2D eigenvalue weighted by Gasteiger charge is 2.34. The smallest absolute Gasteiger partial charge is 0.119 e. The van der Waals surface area contributed by atoms with Crippen LogP contribution < -0.4 is 10.5 Å². The molecule has 1 aromatic rings. The average Bonchev–Trinajstić information content (AvgIpc) is 2.83. The van der Waals surface area contributed by atoms with Crippen LogP contribution in [0.25, 0.3) is 0 Å². The second-order valence-electron chi connectivity index (χ2n) is 5.69. The van der Waals surface area contributed by atoms with E-state index in [0.717, 1.165) is 5.75 Å². The van der Waals surface area contributed by atoms with Gasteiger partial charge in [-0.1, -0.05) is 19.1 Å². The van der Waals surface area contributed by atoms with Gasteiger partial charge < -0.3 is 10.5 Å². The highest BCUT2D eigenvalue weighted by Crippen LogP contribution is 2.35. The number of likely N-dealkylation sites (tertiary alicyclic amines) is 1. The van der Waals surface area contributed by atoms with Crippen LogP contribution in [-0.4, -0.2) is 30.1 Å². The summed E-state index contributed by atoms with van der Waals surface area (Å²) in [6.45, 7) is 8.00. The summed E-state index contributed by atoms with van der Waals surface area (Å²) < 4.78 is 5.52. The lowest BCUT2D eigenvalue weighted by atomic mass is 10.0. The molecule has 0 spiro atoms. The van der Waals surface area contributed by atoms with Crippen LogP contribution in [0.5, 0.6) is 5.75 Å². The molecule has 1 aliphatic heterocycles. The van der Waals surface area contributed by atoms with Gasteiger partial charge in [0.05, 0.1) is 6.61 Å². The Bertz CT molecular complexity index is 404. The van der Waals surface area contributed by atoms with Crippen LogP contribution in [0.1, 0.15) is 51.6 Å². The second kappa shape index (κ2) is 7.09. The Morgan fingerprint density at radius 2 is 1.95 bits per heavy atom. The quantitative estimate of drug-likeness (QED) is 0.866. The van der Waals surface area contributed by atoms with Gasteiger partial charge in [0.15, 0.2) is 0 Å². The average molecular weight is 276 g/mol. The van der Waals surface area contributed by atoms with E-state index in [1.165, 1.54) is 24.8 Å². The maximum atomic E-state index is 6.09. The molecule has 2 N–H and O–H groups in total. The van der Waals surface area contributed by atoms with Crippen LogP contribution in [0, 0.1) is 0 Å². The minimum absolute atomic E-state index is 0.327. The molecule has 3 nitrogen and oxygen atoms in total. The fourth-order valence-corrected chi connectivity index (χ4v) is 3.45. The van der Waals surface area contributed by atoms with E-state index in [0.29, 0.717) is 31.3 Å². The molecule has 3 heteroatoms. The molecule has 0 bridgehead atoms. The first-order valence-electron chi connectivity index (χ1n) is 7.91. The predicted octanol–water partition coefficient (Wildman–Crippen LogP) is 3.35. The second-order valence-corrected chi connectivity index (χ2v) is 5.69. The fraction of sp³-hybridized carbons (Fsp3) is 0.647. The van der Waals surface area contributed by atoms with E-state index in [1.54, 1.807) is 0 Å². The topological polar surface area (TPSA) is 38.5 Å². The zero-order valence-electron chi connectivity index (χ0n) is 13.0. The Balaban J connectivity index is 2.18. The lowest BCUT2D eigenvalue weighted by Crippen LogP contribution is -2.41. The molecule has 0 radical (unpaired) electrons. The van der Waals surface area contributed by atoms with Crippen molar-refractivity contribution in [2.45, 2.75) is 58.2 Å². The monoisotopic (exact) mass is 276 g/mol. The molecule has 3 unspecified atom stereocenters. The van der Waals surface area contributed by atoms with Gasteiger partial charge in [-0.05, 0) is 50.8 Å². The van der Waals surface area contributed by atoms with E-state index in [2.05, 4.69) is 43.0 Å². The Morgan fingerprint density at radius 3 is 2.50 bits per heavy atom. The van der Waals surface area contributed by atoms with Crippen molar-refractivity contribution < 1.29 is 4.74 Å². The van der Waals surface area contributed by atoms with Crippen LogP contribution in [0.4, 0.5) is 0 Å². The van der Waals surface area contributed by atoms with Crippen molar-refractivity contribution in [2.24, 2.45) is 5.73 Å². The summed E-state index contributed by atoms with van der Waals surface area (Å²) in [6, 6.07) is 10.1. The summed E-state index contributed by atoms with van der Waals surface area (Å²) in [5.41, 5.74) is 7.40. The number of rotatable bonds is 6. The van der Waals surface area contributed by atoms with Crippen molar-refractivity contribution in [2.75, 3.05) is 13.2 Å². The van der Waals surface area contributed by atoms with E-state index in [9.17, 15) is 0 Å². The number of benzene rings is 1. The van der Waals surface area contributed by atoms with Crippen LogP contribution in [-0.2, 0) is 0 Å². The van der Waals surface area contributed by atoms with Crippen LogP contribution in [0.15, 0.2) is 24.3 Å². The lowest BCUT2D eigenvalue weighted by Gasteiger charge is -2.35. The fourth-order valence-electron chi connectivity index (χ4n) is 3.45. The maximum absolute atomic E-state index is 6.09. The Hall–Kier alpha value is -1.06. The first kappa shape index (κ1) is 15.3. The zero-order valence-corrected chi connectivity index (χ0v) is 13.0. The highest BCUT2D eigenvalue weighted by atomic mass is 16.5. The van der Waals surface area contributed by atoms with Crippen molar-refractivity contribution in [3.63, 3.8) is 0 Å². The molecule has 1 fully saturated rings. The molecule has 1 aliphatic rings. The third-order valence-electron chi connectivity index (χ3n) is 4.48. The van der Waals surface area contributed by atoms with Gasteiger partial charge in [0.1, 0.15) is 5.75 Å². The summed E-state index contributed by atoms with van der Waals surface area (Å²) in [5, 5.41) is 0. The molecule has 0 saturated carbocycles. The summed E-state index contributed by atoms with van der Waals surface area (Å²) in [6.07, 6.45) is 3.79. The van der Waals surface area contributed by atoms with E-state index in [4.69, 9.17) is 10.5 Å². The van der Waals surface area contributed by atoms with Crippen LogP contribution in [0.3, 0.4) is 0 Å². The lowest BCUT2D eigenvalue weighted by molar-refractivity contribution is 0.137.